The van der Waals surface area contributed by atoms with Gasteiger partial charge in [-0.1, -0.05) is 35.3 Å². The first-order valence-electron chi connectivity index (χ1n) is 6.21. The van der Waals surface area contributed by atoms with E-state index in [1.54, 1.807) is 37.3 Å². The zero-order valence-electron chi connectivity index (χ0n) is 11.9. The van der Waals surface area contributed by atoms with Crippen molar-refractivity contribution in [2.75, 3.05) is 14.2 Å². The summed E-state index contributed by atoms with van der Waals surface area (Å²) in [4.78, 5) is 12.7. The Balaban J connectivity index is 2.56. The van der Waals surface area contributed by atoms with Crippen LogP contribution in [0.2, 0.25) is 10.0 Å². The Hall–Kier alpha value is -1.71. The third kappa shape index (κ3) is 2.99. The summed E-state index contributed by atoms with van der Waals surface area (Å²) >= 11 is 12.2. The molecule has 2 rings (SSSR count). The molecule has 0 bridgehead atoms. The summed E-state index contributed by atoms with van der Waals surface area (Å²) in [6.45, 7) is 1.80. The second-order valence-corrected chi connectivity index (χ2v) is 5.24. The highest BCUT2D eigenvalue weighted by Crippen LogP contribution is 2.34. The molecule has 2 aromatic rings. The van der Waals surface area contributed by atoms with Crippen molar-refractivity contribution in [1.82, 2.24) is 0 Å². The first kappa shape index (κ1) is 15.7. The lowest BCUT2D eigenvalue weighted by molar-refractivity contribution is 0.103. The van der Waals surface area contributed by atoms with Crippen LogP contribution in [0.15, 0.2) is 30.3 Å². The predicted molar refractivity (Wildman–Crippen MR) is 84.2 cm³/mol. The lowest BCUT2D eigenvalue weighted by Crippen LogP contribution is -2.06. The fourth-order valence-electron chi connectivity index (χ4n) is 2.03. The lowest BCUT2D eigenvalue weighted by atomic mass is 9.98. The van der Waals surface area contributed by atoms with Gasteiger partial charge in [0.1, 0.15) is 0 Å². The normalized spacial score (nSPS) is 10.3. The van der Waals surface area contributed by atoms with Crippen molar-refractivity contribution in [3.05, 3.63) is 57.1 Å². The van der Waals surface area contributed by atoms with Crippen LogP contribution in [-0.2, 0) is 0 Å². The second-order valence-electron chi connectivity index (χ2n) is 4.43. The quantitative estimate of drug-likeness (QED) is 0.774. The molecular formula is C16H14Cl2O3. The smallest absolute Gasteiger partial charge is 0.194 e. The lowest BCUT2D eigenvalue weighted by Gasteiger charge is -2.12. The largest absolute Gasteiger partial charge is 0.493 e. The van der Waals surface area contributed by atoms with E-state index in [9.17, 15) is 4.79 Å². The standard InChI is InChI=1S/C16H14Cl2O3/c1-9-10(5-4-6-12(9)17)16(19)11-7-14(20-2)15(21-3)8-13(11)18/h4-8H,1-3H3. The fourth-order valence-corrected chi connectivity index (χ4v) is 2.44. The summed E-state index contributed by atoms with van der Waals surface area (Å²) < 4.78 is 10.4. The highest BCUT2D eigenvalue weighted by molar-refractivity contribution is 6.36. The van der Waals surface area contributed by atoms with Crippen LogP contribution in [0.25, 0.3) is 0 Å². The third-order valence-electron chi connectivity index (χ3n) is 3.23. The van der Waals surface area contributed by atoms with Gasteiger partial charge in [0.15, 0.2) is 17.3 Å². The third-order valence-corrected chi connectivity index (χ3v) is 3.95. The van der Waals surface area contributed by atoms with Crippen LogP contribution in [0, 0.1) is 6.92 Å². The van der Waals surface area contributed by atoms with Crippen LogP contribution in [0.3, 0.4) is 0 Å². The van der Waals surface area contributed by atoms with Crippen molar-refractivity contribution in [3.8, 4) is 11.5 Å². The highest BCUT2D eigenvalue weighted by Gasteiger charge is 2.19. The van der Waals surface area contributed by atoms with Gasteiger partial charge in [-0.25, -0.2) is 0 Å². The predicted octanol–water partition coefficient (Wildman–Crippen LogP) is 4.55. The summed E-state index contributed by atoms with van der Waals surface area (Å²) in [6.07, 6.45) is 0. The molecule has 0 aromatic heterocycles. The number of methoxy groups -OCH3 is 2. The molecule has 21 heavy (non-hydrogen) atoms. The number of rotatable bonds is 4. The second kappa shape index (κ2) is 6.37. The summed E-state index contributed by atoms with van der Waals surface area (Å²) in [5, 5.41) is 0.842. The average Bonchev–Trinajstić information content (AvgIpc) is 2.49. The summed E-state index contributed by atoms with van der Waals surface area (Å²) in [5.74, 6) is 0.716. The highest BCUT2D eigenvalue weighted by atomic mass is 35.5. The number of ether oxygens (including phenoxy) is 2. The molecule has 0 aliphatic rings. The maximum Gasteiger partial charge on any atom is 0.194 e. The van der Waals surface area contributed by atoms with E-state index >= 15 is 0 Å². The molecule has 0 amide bonds. The first-order chi connectivity index (χ1) is 9.99. The molecule has 5 heteroatoms. The minimum absolute atomic E-state index is 0.207. The molecule has 0 heterocycles. The molecule has 0 radical (unpaired) electrons. The van der Waals surface area contributed by atoms with Crippen LogP contribution >= 0.6 is 23.2 Å². The molecule has 0 aliphatic heterocycles. The Labute approximate surface area is 133 Å². The Morgan fingerprint density at radius 2 is 1.57 bits per heavy atom. The van der Waals surface area contributed by atoms with E-state index in [0.717, 1.165) is 5.56 Å². The topological polar surface area (TPSA) is 35.5 Å². The number of carbonyl (C=O) groups excluding carboxylic acids is 1. The van der Waals surface area contributed by atoms with Gasteiger partial charge in [-0.05, 0) is 24.6 Å². The molecule has 3 nitrogen and oxygen atoms in total. The zero-order valence-corrected chi connectivity index (χ0v) is 13.4. The van der Waals surface area contributed by atoms with Gasteiger partial charge in [-0.15, -0.1) is 0 Å². The van der Waals surface area contributed by atoms with Crippen molar-refractivity contribution in [1.29, 1.82) is 0 Å². The van der Waals surface area contributed by atoms with Crippen molar-refractivity contribution >= 4 is 29.0 Å². The Morgan fingerprint density at radius 1 is 0.952 bits per heavy atom. The minimum Gasteiger partial charge on any atom is -0.493 e. The molecule has 0 atom stereocenters. The molecule has 0 unspecified atom stereocenters. The first-order valence-corrected chi connectivity index (χ1v) is 6.96. The van der Waals surface area contributed by atoms with E-state index in [-0.39, 0.29) is 5.78 Å². The summed E-state index contributed by atoms with van der Waals surface area (Å²) in [7, 11) is 3.02. The van der Waals surface area contributed by atoms with E-state index in [1.807, 2.05) is 0 Å². The Kier molecular flexibility index (Phi) is 4.76. The molecular weight excluding hydrogens is 311 g/mol. The molecule has 0 N–H and O–H groups in total. The number of carbonyl (C=O) groups is 1. The van der Waals surface area contributed by atoms with Gasteiger partial charge in [0.25, 0.3) is 0 Å². The van der Waals surface area contributed by atoms with Gasteiger partial charge in [0.2, 0.25) is 0 Å². The maximum absolute atomic E-state index is 12.7. The minimum atomic E-state index is -0.207. The van der Waals surface area contributed by atoms with Crippen molar-refractivity contribution in [2.24, 2.45) is 0 Å². The van der Waals surface area contributed by atoms with Gasteiger partial charge in [-0.2, -0.15) is 0 Å². The molecule has 0 aliphatic carbocycles. The van der Waals surface area contributed by atoms with Gasteiger partial charge >= 0.3 is 0 Å². The van der Waals surface area contributed by atoms with E-state index in [0.29, 0.717) is 32.7 Å². The Bertz CT molecular complexity index is 696. The van der Waals surface area contributed by atoms with Gasteiger partial charge in [0, 0.05) is 22.2 Å². The SMILES string of the molecule is COc1cc(Cl)c(C(=O)c2cccc(Cl)c2C)cc1OC. The maximum atomic E-state index is 12.7. The van der Waals surface area contributed by atoms with E-state index < -0.39 is 0 Å². The van der Waals surface area contributed by atoms with Crippen LogP contribution in [0.1, 0.15) is 21.5 Å². The molecule has 110 valence electrons. The van der Waals surface area contributed by atoms with Crippen LogP contribution in [0.4, 0.5) is 0 Å². The van der Waals surface area contributed by atoms with Crippen LogP contribution < -0.4 is 9.47 Å². The van der Waals surface area contributed by atoms with E-state index in [1.165, 1.54) is 14.2 Å². The van der Waals surface area contributed by atoms with Crippen LogP contribution in [-0.4, -0.2) is 20.0 Å². The van der Waals surface area contributed by atoms with E-state index in [4.69, 9.17) is 32.7 Å². The van der Waals surface area contributed by atoms with Gasteiger partial charge in [0.05, 0.1) is 19.2 Å². The summed E-state index contributed by atoms with van der Waals surface area (Å²) in [5.41, 5.74) is 1.58. The average molecular weight is 325 g/mol. The number of hydrogen-bond donors (Lipinski definition) is 0. The fraction of sp³-hybridized carbons (Fsp3) is 0.188. The molecule has 2 aromatic carbocycles. The monoisotopic (exact) mass is 324 g/mol. The van der Waals surface area contributed by atoms with Gasteiger partial charge < -0.3 is 9.47 Å². The Morgan fingerprint density at radius 3 is 2.19 bits per heavy atom. The molecule has 0 fully saturated rings. The molecule has 0 spiro atoms. The summed E-state index contributed by atoms with van der Waals surface area (Å²) in [6, 6.07) is 8.33. The molecule has 0 saturated carbocycles. The number of ketones is 1. The zero-order chi connectivity index (χ0) is 15.6. The number of halogens is 2. The van der Waals surface area contributed by atoms with Crippen LogP contribution in [0.5, 0.6) is 11.5 Å². The number of hydrogen-bond acceptors (Lipinski definition) is 3. The van der Waals surface area contributed by atoms with Gasteiger partial charge in [-0.3, -0.25) is 4.79 Å². The number of benzene rings is 2. The van der Waals surface area contributed by atoms with E-state index in [2.05, 4.69) is 0 Å². The van der Waals surface area contributed by atoms with Crippen molar-refractivity contribution in [2.45, 2.75) is 6.92 Å². The van der Waals surface area contributed by atoms with Crippen molar-refractivity contribution in [3.63, 3.8) is 0 Å². The molecule has 0 saturated heterocycles. The van der Waals surface area contributed by atoms with Crippen molar-refractivity contribution < 1.29 is 14.3 Å².